The summed E-state index contributed by atoms with van der Waals surface area (Å²) in [5.74, 6) is 0.539. The molecule has 9 heteroatoms. The number of hydrogen-bond acceptors (Lipinski definition) is 5. The van der Waals surface area contributed by atoms with Crippen LogP contribution in [0, 0.1) is 0 Å². The fourth-order valence-corrected chi connectivity index (χ4v) is 4.60. The maximum absolute atomic E-state index is 13.0. The van der Waals surface area contributed by atoms with Gasteiger partial charge in [0, 0.05) is 29.4 Å². The lowest BCUT2D eigenvalue weighted by Crippen LogP contribution is -2.32. The number of hydrogen-bond donors (Lipinski definition) is 1. The first kappa shape index (κ1) is 18.6. The Morgan fingerprint density at radius 2 is 2.00 bits per heavy atom. The molecule has 4 aromatic heterocycles. The zero-order valence-corrected chi connectivity index (χ0v) is 17.6. The molecule has 0 saturated heterocycles. The molecular formula is C21H20N6O2S. The Hall–Kier alpha value is -3.46. The van der Waals surface area contributed by atoms with Gasteiger partial charge in [-0.1, -0.05) is 13.8 Å². The van der Waals surface area contributed by atoms with E-state index in [0.717, 1.165) is 26.9 Å². The number of rotatable bonds is 4. The Bertz CT molecular complexity index is 1490. The highest BCUT2D eigenvalue weighted by atomic mass is 32.1. The summed E-state index contributed by atoms with van der Waals surface area (Å²) in [4.78, 5) is 26.7. The van der Waals surface area contributed by atoms with Crippen molar-refractivity contribution in [3.8, 4) is 0 Å². The van der Waals surface area contributed by atoms with E-state index in [1.54, 1.807) is 22.2 Å². The van der Waals surface area contributed by atoms with E-state index >= 15 is 0 Å². The summed E-state index contributed by atoms with van der Waals surface area (Å²) < 4.78 is 4.92. The van der Waals surface area contributed by atoms with Crippen LogP contribution in [0.2, 0.25) is 0 Å². The van der Waals surface area contributed by atoms with E-state index < -0.39 is 0 Å². The monoisotopic (exact) mass is 420 g/mol. The van der Waals surface area contributed by atoms with Crippen molar-refractivity contribution in [2.45, 2.75) is 26.3 Å². The van der Waals surface area contributed by atoms with Gasteiger partial charge in [-0.05, 0) is 35.7 Å². The summed E-state index contributed by atoms with van der Waals surface area (Å²) in [5, 5.41) is 15.6. The number of nitrogens with zero attached hydrogens (tertiary/aromatic N) is 5. The minimum Gasteiger partial charge on any atom is -0.324 e. The standard InChI is InChI=1S/C21H20N6O2S/c1-12(2)19-24-26(20(29)17-8-13-6-7-30-21(13)27(17)19)11-18(28)23-15-5-4-14-10-22-25(3)16(14)9-15/h4-10,12H,11H2,1-3H3,(H,23,28). The second kappa shape index (κ2) is 6.81. The maximum Gasteiger partial charge on any atom is 0.291 e. The molecule has 0 spiro atoms. The van der Waals surface area contributed by atoms with Crippen LogP contribution in [0.3, 0.4) is 0 Å². The minimum absolute atomic E-state index is 0.0901. The van der Waals surface area contributed by atoms with Crippen molar-refractivity contribution in [2.24, 2.45) is 7.05 Å². The second-order valence-corrected chi connectivity index (χ2v) is 8.51. The van der Waals surface area contributed by atoms with Gasteiger partial charge in [-0.2, -0.15) is 10.2 Å². The first-order valence-corrected chi connectivity index (χ1v) is 10.5. The number of amides is 1. The fourth-order valence-electron chi connectivity index (χ4n) is 3.69. The van der Waals surface area contributed by atoms with Crippen LogP contribution in [0.15, 0.2) is 46.7 Å². The van der Waals surface area contributed by atoms with Gasteiger partial charge >= 0.3 is 0 Å². The van der Waals surface area contributed by atoms with E-state index in [2.05, 4.69) is 15.5 Å². The number of anilines is 1. The van der Waals surface area contributed by atoms with E-state index in [4.69, 9.17) is 0 Å². The number of benzene rings is 1. The highest BCUT2D eigenvalue weighted by molar-refractivity contribution is 7.16. The lowest BCUT2D eigenvalue weighted by Gasteiger charge is -2.13. The molecule has 8 nitrogen and oxygen atoms in total. The Morgan fingerprint density at radius 1 is 1.17 bits per heavy atom. The average Bonchev–Trinajstić information content (AvgIpc) is 3.39. The summed E-state index contributed by atoms with van der Waals surface area (Å²) in [6, 6.07) is 9.44. The van der Waals surface area contributed by atoms with Crippen LogP contribution in [0.1, 0.15) is 25.6 Å². The number of fused-ring (bicyclic) bond motifs is 4. The molecule has 0 aliphatic carbocycles. The number of carbonyl (C=O) groups is 1. The van der Waals surface area contributed by atoms with Crippen LogP contribution < -0.4 is 10.9 Å². The van der Waals surface area contributed by atoms with Gasteiger partial charge in [0.2, 0.25) is 5.91 Å². The third kappa shape index (κ3) is 2.89. The van der Waals surface area contributed by atoms with Crippen LogP contribution in [0.25, 0.3) is 26.6 Å². The van der Waals surface area contributed by atoms with Gasteiger partial charge in [-0.15, -0.1) is 11.3 Å². The van der Waals surface area contributed by atoms with E-state index in [-0.39, 0.29) is 23.9 Å². The summed E-state index contributed by atoms with van der Waals surface area (Å²) in [6.45, 7) is 3.90. The molecule has 0 saturated carbocycles. The molecular weight excluding hydrogens is 400 g/mol. The third-order valence-electron chi connectivity index (χ3n) is 5.16. The Balaban J connectivity index is 1.50. The average molecular weight is 420 g/mol. The number of aryl methyl sites for hydroxylation is 1. The SMILES string of the molecule is CC(C)c1nn(CC(=O)Nc2ccc3cnn(C)c3c2)c(=O)c2cc3ccsc3n12. The Kier molecular flexibility index (Phi) is 4.21. The van der Waals surface area contributed by atoms with E-state index in [0.29, 0.717) is 11.2 Å². The van der Waals surface area contributed by atoms with Crippen LogP contribution in [0.5, 0.6) is 0 Å². The van der Waals surface area contributed by atoms with Crippen LogP contribution in [-0.2, 0) is 18.4 Å². The second-order valence-electron chi connectivity index (χ2n) is 7.61. The largest absolute Gasteiger partial charge is 0.324 e. The zero-order chi connectivity index (χ0) is 21.0. The highest BCUT2D eigenvalue weighted by Gasteiger charge is 2.18. The molecule has 1 aromatic carbocycles. The molecule has 1 N–H and O–H groups in total. The molecule has 5 aromatic rings. The quantitative estimate of drug-likeness (QED) is 0.483. The number of nitrogens with one attached hydrogen (secondary N) is 1. The first-order chi connectivity index (χ1) is 14.4. The molecule has 0 atom stereocenters. The lowest BCUT2D eigenvalue weighted by molar-refractivity contribution is -0.117. The molecule has 4 heterocycles. The van der Waals surface area contributed by atoms with Crippen molar-refractivity contribution in [3.63, 3.8) is 0 Å². The van der Waals surface area contributed by atoms with E-state index in [1.165, 1.54) is 4.68 Å². The smallest absolute Gasteiger partial charge is 0.291 e. The van der Waals surface area contributed by atoms with Gasteiger partial charge in [0.05, 0.1) is 11.7 Å². The predicted octanol–water partition coefficient (Wildman–Crippen LogP) is 3.36. The van der Waals surface area contributed by atoms with E-state index in [1.807, 2.05) is 61.0 Å². The summed E-state index contributed by atoms with van der Waals surface area (Å²) in [6.07, 6.45) is 1.77. The number of carbonyl (C=O) groups excluding carboxylic acids is 1. The van der Waals surface area contributed by atoms with Gasteiger partial charge in [-0.3, -0.25) is 18.7 Å². The molecule has 0 aliphatic rings. The number of aromatic nitrogens is 5. The maximum atomic E-state index is 13.0. The molecule has 1 amide bonds. The molecule has 0 aliphatic heterocycles. The Morgan fingerprint density at radius 3 is 2.80 bits per heavy atom. The van der Waals surface area contributed by atoms with Crippen molar-refractivity contribution in [3.05, 3.63) is 58.1 Å². The number of thiophene rings is 1. The molecule has 30 heavy (non-hydrogen) atoms. The van der Waals surface area contributed by atoms with Crippen molar-refractivity contribution in [2.75, 3.05) is 5.32 Å². The van der Waals surface area contributed by atoms with Crippen LogP contribution in [0.4, 0.5) is 5.69 Å². The first-order valence-electron chi connectivity index (χ1n) is 9.63. The highest BCUT2D eigenvalue weighted by Crippen LogP contribution is 2.26. The molecule has 0 radical (unpaired) electrons. The van der Waals surface area contributed by atoms with Crippen molar-refractivity contribution in [1.29, 1.82) is 0 Å². The summed E-state index contributed by atoms with van der Waals surface area (Å²) in [7, 11) is 1.85. The van der Waals surface area contributed by atoms with Gasteiger partial charge in [-0.25, -0.2) is 4.68 Å². The van der Waals surface area contributed by atoms with Crippen molar-refractivity contribution in [1.82, 2.24) is 24.0 Å². The lowest BCUT2D eigenvalue weighted by atomic mass is 10.2. The fraction of sp³-hybridized carbons (Fsp3) is 0.238. The molecule has 5 rings (SSSR count). The Labute approximate surface area is 175 Å². The zero-order valence-electron chi connectivity index (χ0n) is 16.8. The molecule has 152 valence electrons. The van der Waals surface area contributed by atoms with Crippen molar-refractivity contribution < 1.29 is 4.79 Å². The summed E-state index contributed by atoms with van der Waals surface area (Å²) in [5.41, 5.74) is 1.83. The molecule has 0 bridgehead atoms. The van der Waals surface area contributed by atoms with Gasteiger partial charge in [0.1, 0.15) is 22.7 Å². The normalized spacial score (nSPS) is 11.9. The summed E-state index contributed by atoms with van der Waals surface area (Å²) >= 11 is 1.58. The predicted molar refractivity (Wildman–Crippen MR) is 118 cm³/mol. The van der Waals surface area contributed by atoms with Gasteiger partial charge < -0.3 is 5.32 Å². The molecule has 0 unspecified atom stereocenters. The topological polar surface area (TPSA) is 86.2 Å². The minimum atomic E-state index is -0.307. The van der Waals surface area contributed by atoms with Crippen LogP contribution >= 0.6 is 11.3 Å². The third-order valence-corrected chi connectivity index (χ3v) is 6.07. The van der Waals surface area contributed by atoms with E-state index in [9.17, 15) is 9.59 Å². The molecule has 0 fully saturated rings. The van der Waals surface area contributed by atoms with Gasteiger partial charge in [0.15, 0.2) is 0 Å². The van der Waals surface area contributed by atoms with Crippen molar-refractivity contribution >= 4 is 49.6 Å². The van der Waals surface area contributed by atoms with Crippen LogP contribution in [-0.4, -0.2) is 29.9 Å². The van der Waals surface area contributed by atoms with Gasteiger partial charge in [0.25, 0.3) is 5.56 Å².